The summed E-state index contributed by atoms with van der Waals surface area (Å²) in [5, 5.41) is 27.4. The molecule has 7 heteroatoms. The molecule has 7 nitrogen and oxygen atoms in total. The van der Waals surface area contributed by atoms with Gasteiger partial charge in [-0.25, -0.2) is 0 Å². The van der Waals surface area contributed by atoms with Crippen LogP contribution in [0.4, 0.5) is 0 Å². The topological polar surface area (TPSA) is 96.0 Å². The molecule has 0 aromatic heterocycles. The number of aliphatic hydroxyl groups is 1. The second-order valence-electron chi connectivity index (χ2n) is 10.2. The Labute approximate surface area is 227 Å². The van der Waals surface area contributed by atoms with E-state index in [1.165, 1.54) is 69.9 Å². The third-order valence-corrected chi connectivity index (χ3v) is 6.22. The van der Waals surface area contributed by atoms with Crippen molar-refractivity contribution >= 4 is 28.8 Å². The predicted molar refractivity (Wildman–Crippen MR) is 159 cm³/mol. The van der Waals surface area contributed by atoms with Crippen LogP contribution in [-0.4, -0.2) is 40.2 Å². The van der Waals surface area contributed by atoms with Crippen LogP contribution in [0.25, 0.3) is 0 Å². The fourth-order valence-electron chi connectivity index (χ4n) is 3.87. The summed E-state index contributed by atoms with van der Waals surface area (Å²) in [5.41, 5.74) is 3.09. The summed E-state index contributed by atoms with van der Waals surface area (Å²) >= 11 is 0. The van der Waals surface area contributed by atoms with E-state index in [1.807, 2.05) is 13.8 Å². The van der Waals surface area contributed by atoms with Gasteiger partial charge in [0.1, 0.15) is 5.71 Å². The number of hydrogen-bond donors (Lipinski definition) is 1. The SMILES string of the molecule is CCCCCCCC(CCCCCCC)=N/N=C(\C)C/C(C)=N/N=C(\C)C(O)OC(=O)CCCCCC. The fourth-order valence-corrected chi connectivity index (χ4v) is 3.87. The highest BCUT2D eigenvalue weighted by Crippen LogP contribution is 2.12. The van der Waals surface area contributed by atoms with Crippen LogP contribution in [0.15, 0.2) is 20.4 Å². The molecule has 0 fully saturated rings. The minimum absolute atomic E-state index is 0.252. The van der Waals surface area contributed by atoms with Gasteiger partial charge in [-0.05, 0) is 52.9 Å². The van der Waals surface area contributed by atoms with Gasteiger partial charge in [0.15, 0.2) is 0 Å². The van der Waals surface area contributed by atoms with E-state index in [4.69, 9.17) is 4.74 Å². The zero-order valence-corrected chi connectivity index (χ0v) is 24.9. The third kappa shape index (κ3) is 21.9. The van der Waals surface area contributed by atoms with Crippen molar-refractivity contribution in [2.45, 2.75) is 163 Å². The highest BCUT2D eigenvalue weighted by atomic mass is 16.6. The molecule has 1 unspecified atom stereocenters. The molecule has 1 N–H and O–H groups in total. The van der Waals surface area contributed by atoms with Crippen LogP contribution in [0.3, 0.4) is 0 Å². The second kappa shape index (κ2) is 24.4. The first-order valence-electron chi connectivity index (χ1n) is 14.9. The van der Waals surface area contributed by atoms with Crippen molar-refractivity contribution in [2.24, 2.45) is 20.4 Å². The Morgan fingerprint density at radius 2 is 1.05 bits per heavy atom. The molecule has 0 rings (SSSR count). The van der Waals surface area contributed by atoms with Crippen molar-refractivity contribution in [2.75, 3.05) is 0 Å². The smallest absolute Gasteiger partial charge is 0.308 e. The highest BCUT2D eigenvalue weighted by Gasteiger charge is 2.14. The molecule has 0 saturated heterocycles. The molecule has 0 aliphatic heterocycles. The number of carbonyl (C=O) groups excluding carboxylic acids is 1. The molecule has 0 amide bonds. The first-order chi connectivity index (χ1) is 17.8. The van der Waals surface area contributed by atoms with Crippen LogP contribution < -0.4 is 0 Å². The largest absolute Gasteiger partial charge is 0.430 e. The first-order valence-corrected chi connectivity index (χ1v) is 14.9. The average Bonchev–Trinajstić information content (AvgIpc) is 2.87. The molecule has 0 radical (unpaired) electrons. The Bertz CT molecular complexity index is 698. The lowest BCUT2D eigenvalue weighted by atomic mass is 10.0. The fraction of sp³-hybridized carbons (Fsp3) is 0.833. The van der Waals surface area contributed by atoms with Crippen molar-refractivity contribution in [3.63, 3.8) is 0 Å². The maximum atomic E-state index is 11.9. The lowest BCUT2D eigenvalue weighted by Crippen LogP contribution is -2.24. The summed E-state index contributed by atoms with van der Waals surface area (Å²) in [6.45, 7) is 12.0. The predicted octanol–water partition coefficient (Wildman–Crippen LogP) is 8.58. The summed E-state index contributed by atoms with van der Waals surface area (Å²) in [6, 6.07) is 0. The van der Waals surface area contributed by atoms with Crippen LogP contribution in [0.2, 0.25) is 0 Å². The van der Waals surface area contributed by atoms with Gasteiger partial charge in [0.05, 0.1) is 0 Å². The van der Waals surface area contributed by atoms with Crippen molar-refractivity contribution in [1.82, 2.24) is 0 Å². The molecule has 0 aromatic carbocycles. The number of aliphatic hydroxyl groups excluding tert-OH is 1. The summed E-state index contributed by atoms with van der Waals surface area (Å²) in [6.07, 6.45) is 18.1. The first kappa shape index (κ1) is 35.1. The lowest BCUT2D eigenvalue weighted by molar-refractivity contribution is -0.158. The molecule has 214 valence electrons. The van der Waals surface area contributed by atoms with Gasteiger partial charge in [0, 0.05) is 30.0 Å². The molecule has 0 bridgehead atoms. The van der Waals surface area contributed by atoms with E-state index in [1.54, 1.807) is 6.92 Å². The number of rotatable bonds is 23. The Kier molecular flexibility index (Phi) is 23.2. The molecule has 37 heavy (non-hydrogen) atoms. The van der Waals surface area contributed by atoms with Gasteiger partial charge >= 0.3 is 5.97 Å². The standard InChI is InChI=1S/C30H56N4O3/c1-7-10-13-16-18-21-28(22-19-17-14-11-8-2)34-32-26(5)24-25(4)31-33-27(6)30(36)37-29(35)23-20-15-12-9-3/h30,36H,7-24H2,1-6H3/b31-25+,32-26+,33-27+. The Morgan fingerprint density at radius 3 is 1.57 bits per heavy atom. The summed E-state index contributed by atoms with van der Waals surface area (Å²) in [4.78, 5) is 11.9. The molecule has 0 saturated carbocycles. The highest BCUT2D eigenvalue weighted by molar-refractivity contribution is 6.02. The van der Waals surface area contributed by atoms with Gasteiger partial charge in [-0.15, -0.1) is 0 Å². The molecular formula is C30H56N4O3. The maximum absolute atomic E-state index is 11.9. The number of esters is 1. The summed E-state index contributed by atoms with van der Waals surface area (Å²) in [7, 11) is 0. The van der Waals surface area contributed by atoms with Gasteiger partial charge in [-0.2, -0.15) is 20.4 Å². The minimum Gasteiger partial charge on any atom is -0.430 e. The zero-order valence-electron chi connectivity index (χ0n) is 24.9. The maximum Gasteiger partial charge on any atom is 0.308 e. The van der Waals surface area contributed by atoms with E-state index in [9.17, 15) is 9.90 Å². The van der Waals surface area contributed by atoms with Gasteiger partial charge < -0.3 is 9.84 Å². The Balaban J connectivity index is 4.83. The third-order valence-electron chi connectivity index (χ3n) is 6.22. The number of unbranched alkanes of at least 4 members (excludes halogenated alkanes) is 11. The average molecular weight is 521 g/mol. The number of hydrogen-bond acceptors (Lipinski definition) is 7. The van der Waals surface area contributed by atoms with Gasteiger partial charge in [0.25, 0.3) is 0 Å². The number of carbonyl (C=O) groups is 1. The van der Waals surface area contributed by atoms with Crippen LogP contribution in [-0.2, 0) is 9.53 Å². The van der Waals surface area contributed by atoms with Crippen molar-refractivity contribution in [3.8, 4) is 0 Å². The molecule has 0 aliphatic carbocycles. The van der Waals surface area contributed by atoms with E-state index in [2.05, 4.69) is 41.2 Å². The van der Waals surface area contributed by atoms with Crippen LogP contribution in [0.1, 0.15) is 157 Å². The molecule has 0 aliphatic rings. The summed E-state index contributed by atoms with van der Waals surface area (Å²) in [5.74, 6) is -0.411. The number of nitrogens with zero attached hydrogens (tertiary/aromatic N) is 4. The molecule has 0 spiro atoms. The summed E-state index contributed by atoms with van der Waals surface area (Å²) < 4.78 is 5.05. The normalized spacial score (nSPS) is 13.5. The van der Waals surface area contributed by atoms with Crippen molar-refractivity contribution in [3.05, 3.63) is 0 Å². The van der Waals surface area contributed by atoms with E-state index >= 15 is 0 Å². The van der Waals surface area contributed by atoms with Crippen LogP contribution in [0.5, 0.6) is 0 Å². The monoisotopic (exact) mass is 520 g/mol. The molecular weight excluding hydrogens is 464 g/mol. The Hall–Kier alpha value is -1.89. The van der Waals surface area contributed by atoms with E-state index in [0.717, 1.165) is 49.9 Å². The lowest BCUT2D eigenvalue weighted by Gasteiger charge is -2.11. The van der Waals surface area contributed by atoms with E-state index in [0.29, 0.717) is 12.8 Å². The quantitative estimate of drug-likeness (QED) is 0.0480. The van der Waals surface area contributed by atoms with Gasteiger partial charge in [-0.1, -0.05) is 91.4 Å². The van der Waals surface area contributed by atoms with Crippen molar-refractivity contribution in [1.29, 1.82) is 0 Å². The van der Waals surface area contributed by atoms with Crippen LogP contribution >= 0.6 is 0 Å². The van der Waals surface area contributed by atoms with Crippen LogP contribution in [0, 0.1) is 0 Å². The number of ether oxygens (including phenoxy) is 1. The van der Waals surface area contributed by atoms with Crippen molar-refractivity contribution < 1.29 is 14.6 Å². The zero-order chi connectivity index (χ0) is 27.7. The van der Waals surface area contributed by atoms with Gasteiger partial charge in [0.2, 0.25) is 6.29 Å². The second-order valence-corrected chi connectivity index (χ2v) is 10.2. The molecule has 1 atom stereocenters. The Morgan fingerprint density at radius 1 is 0.622 bits per heavy atom. The van der Waals surface area contributed by atoms with Gasteiger partial charge in [-0.3, -0.25) is 4.79 Å². The minimum atomic E-state index is -1.37. The van der Waals surface area contributed by atoms with E-state index < -0.39 is 12.3 Å². The molecule has 0 heterocycles. The molecule has 0 aromatic rings. The van der Waals surface area contributed by atoms with E-state index in [-0.39, 0.29) is 5.71 Å².